The zero-order chi connectivity index (χ0) is 47.0. The van der Waals surface area contributed by atoms with Crippen LogP contribution in [0.4, 0.5) is 0 Å². The molecule has 16 heteroatoms. The van der Waals surface area contributed by atoms with Crippen LogP contribution in [0, 0.1) is 5.92 Å². The van der Waals surface area contributed by atoms with Crippen LogP contribution in [0.5, 0.6) is 0 Å². The summed E-state index contributed by atoms with van der Waals surface area (Å²) in [6, 6.07) is 33.9. The van der Waals surface area contributed by atoms with Gasteiger partial charge in [0.1, 0.15) is 0 Å². The molecule has 0 radical (unpaired) electrons. The van der Waals surface area contributed by atoms with Crippen LogP contribution in [0.2, 0.25) is 0 Å². The Labute approximate surface area is 468 Å². The number of carbonyl (C=O) groups excluding carboxylic acids is 3. The first-order valence-corrected chi connectivity index (χ1v) is 25.7. The Hall–Kier alpha value is -3.82. The van der Waals surface area contributed by atoms with Crippen molar-refractivity contribution in [2.24, 2.45) is 5.92 Å². The molecule has 3 aliphatic heterocycles. The SMILES string of the molecule is C.C.CN1CCN(C(=O)CN[C@H]2CC2c2ccc(-c3cccnc3)cc2)CC1.CN1CCN(C(=O)CN[C@H]2CC2c2ccc(C3CC3)cc2)CC1.C[C@H]1CCN(C(=O)CN[C@H]2CC2c2ccccc2)C1.Cl.Cl.Cl.Cl. The summed E-state index contributed by atoms with van der Waals surface area (Å²) < 4.78 is 0. The van der Waals surface area contributed by atoms with E-state index in [0.29, 0.717) is 61.4 Å². The van der Waals surface area contributed by atoms with Crippen LogP contribution in [-0.2, 0) is 14.4 Å². The molecule has 3 N–H and O–H groups in total. The van der Waals surface area contributed by atoms with E-state index in [1.807, 2.05) is 33.0 Å². The maximum atomic E-state index is 12.3. The molecule has 1 aromatic heterocycles. The van der Waals surface area contributed by atoms with Gasteiger partial charge in [0.15, 0.2) is 0 Å². The average Bonchev–Trinajstić information content (AvgIpc) is 4.18. The highest BCUT2D eigenvalue weighted by molar-refractivity contribution is 5.86. The topological polar surface area (TPSA) is 116 Å². The van der Waals surface area contributed by atoms with Crippen molar-refractivity contribution in [2.45, 2.75) is 102 Å². The molecular weight excluding hydrogens is 1010 g/mol. The number of hydrogen-bond acceptors (Lipinski definition) is 9. The molecule has 3 amide bonds. The number of aromatic nitrogens is 1. The van der Waals surface area contributed by atoms with Gasteiger partial charge >= 0.3 is 0 Å². The third kappa shape index (κ3) is 18.4. The molecular formula is C58H87Cl4N9O3. The molecule has 7 fully saturated rings. The first-order valence-electron chi connectivity index (χ1n) is 25.7. The molecule has 12 nitrogen and oxygen atoms in total. The standard InChI is InChI=1S/C21H26N4O.C19H27N3O.C16H22N2O.2CH4.4ClH/c1-24-9-11-25(12-10-24)21(26)15-23-20-13-19(20)17-6-4-16(5-7-17)18-3-2-8-22-14-18;1-21-8-10-22(11-9-21)19(23)13-20-18-12-17(18)16-6-4-15(5-7-16)14-2-3-14;1-12-7-8-18(11-12)16(19)10-17-15-9-14(15)13-5-3-2-4-6-13;;;;;;/h2-8,14,19-20,23H,9-13,15H2,1H3;4-7,14,17-18,20H,2-3,8-13H2,1H3;2-6,12,14-15,17H,7-11H2,1H3;2*1H4;4*1H/t19?,20-;17?,18-;12-,14?,15-;;;;;;/m000....../s1. The molecule has 3 aromatic carbocycles. The third-order valence-electron chi connectivity index (χ3n) is 15.4. The zero-order valence-corrected chi connectivity index (χ0v) is 45.7. The van der Waals surface area contributed by atoms with Gasteiger partial charge in [0.05, 0.1) is 19.6 Å². The highest BCUT2D eigenvalue weighted by Crippen LogP contribution is 2.44. The lowest BCUT2D eigenvalue weighted by Crippen LogP contribution is -2.49. The molecule has 4 aromatic rings. The summed E-state index contributed by atoms with van der Waals surface area (Å²) in [4.78, 5) is 51.3. The van der Waals surface area contributed by atoms with Crippen molar-refractivity contribution >= 4 is 67.3 Å². The van der Waals surface area contributed by atoms with Crippen molar-refractivity contribution < 1.29 is 14.4 Å². The predicted octanol–water partition coefficient (Wildman–Crippen LogP) is 8.71. The number of nitrogens with one attached hydrogen (secondary N) is 3. The van der Waals surface area contributed by atoms with E-state index in [1.165, 1.54) is 47.1 Å². The van der Waals surface area contributed by atoms with Crippen LogP contribution < -0.4 is 16.0 Å². The Kier molecular flexibility index (Phi) is 26.8. The fourth-order valence-corrected chi connectivity index (χ4v) is 10.2. The molecule has 4 heterocycles. The second kappa shape index (κ2) is 30.8. The number of amides is 3. The molecule has 4 aliphatic carbocycles. The summed E-state index contributed by atoms with van der Waals surface area (Å²) in [7, 11) is 4.22. The number of pyridine rings is 1. The van der Waals surface area contributed by atoms with Gasteiger partial charge in [0.2, 0.25) is 17.7 Å². The van der Waals surface area contributed by atoms with Gasteiger partial charge in [0.25, 0.3) is 0 Å². The van der Waals surface area contributed by atoms with Gasteiger partial charge in [-0.05, 0) is 104 Å². The Balaban J connectivity index is 0.000000284. The van der Waals surface area contributed by atoms with Crippen LogP contribution in [0.25, 0.3) is 11.1 Å². The van der Waals surface area contributed by atoms with Crippen LogP contribution in [-0.4, -0.2) is 165 Å². The highest BCUT2D eigenvalue weighted by Gasteiger charge is 2.40. The van der Waals surface area contributed by atoms with Crippen molar-refractivity contribution in [1.29, 1.82) is 0 Å². The Morgan fingerprint density at radius 3 is 1.31 bits per heavy atom. The third-order valence-corrected chi connectivity index (χ3v) is 15.4. The Bertz CT molecular complexity index is 2270. The van der Waals surface area contributed by atoms with Crippen molar-refractivity contribution in [1.82, 2.24) is 45.4 Å². The number of likely N-dealkylation sites (N-methyl/N-ethyl adjacent to an activating group) is 2. The summed E-state index contributed by atoms with van der Waals surface area (Å²) in [5.74, 6) is 3.99. The minimum atomic E-state index is 0. The minimum absolute atomic E-state index is 0. The lowest BCUT2D eigenvalue weighted by atomic mass is 10.0. The highest BCUT2D eigenvalue weighted by atomic mass is 35.5. The van der Waals surface area contributed by atoms with Gasteiger partial charge in [-0.3, -0.25) is 19.4 Å². The molecule has 4 saturated carbocycles. The van der Waals surface area contributed by atoms with Crippen molar-refractivity contribution in [3.63, 3.8) is 0 Å². The van der Waals surface area contributed by atoms with E-state index < -0.39 is 0 Å². The van der Waals surface area contributed by atoms with E-state index in [9.17, 15) is 14.4 Å². The monoisotopic (exact) mass is 1100 g/mol. The molecule has 3 unspecified atom stereocenters. The summed E-state index contributed by atoms with van der Waals surface area (Å²) in [6.45, 7) is 12.9. The number of carbonyl (C=O) groups is 3. The number of benzene rings is 3. The van der Waals surface area contributed by atoms with Gasteiger partial charge < -0.3 is 40.4 Å². The fraction of sp³-hybridized carbons (Fsp3) is 0.552. The van der Waals surface area contributed by atoms with Gasteiger partial charge in [-0.2, -0.15) is 0 Å². The Morgan fingerprint density at radius 1 is 0.486 bits per heavy atom. The van der Waals surface area contributed by atoms with Crippen molar-refractivity contribution in [3.8, 4) is 11.1 Å². The maximum Gasteiger partial charge on any atom is 0.236 e. The molecule has 410 valence electrons. The van der Waals surface area contributed by atoms with E-state index in [-0.39, 0.29) is 82.2 Å². The van der Waals surface area contributed by atoms with Gasteiger partial charge in [-0.25, -0.2) is 0 Å². The number of likely N-dealkylation sites (tertiary alicyclic amines) is 1. The van der Waals surface area contributed by atoms with Crippen LogP contribution in [0.3, 0.4) is 0 Å². The second-order valence-corrected chi connectivity index (χ2v) is 20.8. The summed E-state index contributed by atoms with van der Waals surface area (Å²) >= 11 is 0. The lowest BCUT2D eigenvalue weighted by molar-refractivity contribution is -0.132. The summed E-state index contributed by atoms with van der Waals surface area (Å²) in [6.07, 6.45) is 11.0. The first-order chi connectivity index (χ1) is 33.1. The predicted molar refractivity (Wildman–Crippen MR) is 313 cm³/mol. The number of hydrogen-bond donors (Lipinski definition) is 3. The quantitative estimate of drug-likeness (QED) is 0.114. The largest absolute Gasteiger partial charge is 0.341 e. The smallest absolute Gasteiger partial charge is 0.236 e. The number of piperazine rings is 2. The number of rotatable bonds is 14. The van der Waals surface area contributed by atoms with Crippen LogP contribution >= 0.6 is 49.6 Å². The van der Waals surface area contributed by atoms with E-state index in [4.69, 9.17) is 0 Å². The number of nitrogens with zero attached hydrogens (tertiary/aromatic N) is 6. The zero-order valence-electron chi connectivity index (χ0n) is 42.4. The number of halogens is 4. The van der Waals surface area contributed by atoms with Crippen LogP contribution in [0.1, 0.15) is 106 Å². The molecule has 11 rings (SSSR count). The molecule has 0 bridgehead atoms. The van der Waals surface area contributed by atoms with Gasteiger partial charge in [-0.15, -0.1) is 49.6 Å². The van der Waals surface area contributed by atoms with E-state index in [2.05, 4.69) is 131 Å². The Morgan fingerprint density at radius 2 is 0.905 bits per heavy atom. The first kappa shape index (κ1) is 64.5. The second-order valence-electron chi connectivity index (χ2n) is 20.8. The normalized spacial score (nSPS) is 24.4. The molecule has 7 atom stereocenters. The van der Waals surface area contributed by atoms with Gasteiger partial charge in [-0.1, -0.05) is 107 Å². The van der Waals surface area contributed by atoms with E-state index in [1.54, 1.807) is 6.20 Å². The molecule has 7 aliphatic rings. The average molecular weight is 1100 g/mol. The minimum Gasteiger partial charge on any atom is -0.341 e. The molecule has 3 saturated heterocycles. The van der Waals surface area contributed by atoms with E-state index in [0.717, 1.165) is 96.2 Å². The fourth-order valence-electron chi connectivity index (χ4n) is 10.2. The molecule has 0 spiro atoms. The van der Waals surface area contributed by atoms with Crippen molar-refractivity contribution in [3.05, 3.63) is 126 Å². The molecule has 74 heavy (non-hydrogen) atoms. The summed E-state index contributed by atoms with van der Waals surface area (Å²) in [5, 5.41) is 10.3. The van der Waals surface area contributed by atoms with Gasteiger partial charge in [0, 0.05) is 114 Å². The maximum absolute atomic E-state index is 12.3. The summed E-state index contributed by atoms with van der Waals surface area (Å²) in [5.41, 5.74) is 8.01. The van der Waals surface area contributed by atoms with Crippen LogP contribution in [0.15, 0.2) is 103 Å². The van der Waals surface area contributed by atoms with E-state index >= 15 is 0 Å². The lowest BCUT2D eigenvalue weighted by Gasteiger charge is -2.32. The van der Waals surface area contributed by atoms with Crippen molar-refractivity contribution in [2.75, 3.05) is 99.2 Å².